The number of ether oxygens (including phenoxy) is 1. The van der Waals surface area contributed by atoms with Crippen LogP contribution in [-0.4, -0.2) is 49.2 Å². The Morgan fingerprint density at radius 1 is 1.38 bits per heavy atom. The Morgan fingerprint density at radius 3 is 2.62 bits per heavy atom. The molecule has 2 rings (SSSR count). The standard InChI is InChI=1S/C13H17Cl2NO4S/c1-13(2)8-16(6-9(7-17)20-13)21(18,19)10-3-4-11(14)12(15)5-10/h3-5,9,17H,6-8H2,1-2H3. The molecule has 0 aliphatic carbocycles. The molecule has 0 aromatic heterocycles. The van der Waals surface area contributed by atoms with Gasteiger partial charge in [0.1, 0.15) is 0 Å². The Bertz CT molecular complexity index is 633. The quantitative estimate of drug-likeness (QED) is 0.903. The van der Waals surface area contributed by atoms with Crippen molar-refractivity contribution in [2.45, 2.75) is 30.4 Å². The lowest BCUT2D eigenvalue weighted by Gasteiger charge is -2.41. The average Bonchev–Trinajstić information content (AvgIpc) is 2.39. The summed E-state index contributed by atoms with van der Waals surface area (Å²) >= 11 is 11.7. The van der Waals surface area contributed by atoms with Gasteiger partial charge in [-0.3, -0.25) is 0 Å². The molecule has 0 spiro atoms. The zero-order chi connectivity index (χ0) is 15.8. The monoisotopic (exact) mass is 353 g/mol. The molecule has 1 saturated heterocycles. The second-order valence-electron chi connectivity index (χ2n) is 5.56. The lowest BCUT2D eigenvalue weighted by atomic mass is 10.1. The molecule has 8 heteroatoms. The third-order valence-electron chi connectivity index (χ3n) is 3.18. The van der Waals surface area contributed by atoms with Gasteiger partial charge < -0.3 is 9.84 Å². The summed E-state index contributed by atoms with van der Waals surface area (Å²) in [6, 6.07) is 4.20. The van der Waals surface area contributed by atoms with Gasteiger partial charge in [0.25, 0.3) is 0 Å². The van der Waals surface area contributed by atoms with Crippen LogP contribution in [0.1, 0.15) is 13.8 Å². The third kappa shape index (κ3) is 3.70. The molecule has 1 atom stereocenters. The predicted octanol–water partition coefficient (Wildman–Crippen LogP) is 2.15. The fourth-order valence-electron chi connectivity index (χ4n) is 2.31. The summed E-state index contributed by atoms with van der Waals surface area (Å²) in [6.45, 7) is 3.63. The molecule has 118 valence electrons. The smallest absolute Gasteiger partial charge is 0.243 e. The van der Waals surface area contributed by atoms with Gasteiger partial charge in [-0.2, -0.15) is 4.31 Å². The fourth-order valence-corrected chi connectivity index (χ4v) is 4.32. The molecule has 1 unspecified atom stereocenters. The van der Waals surface area contributed by atoms with Gasteiger partial charge in [-0.25, -0.2) is 8.42 Å². The number of morpholine rings is 1. The zero-order valence-corrected chi connectivity index (χ0v) is 14.0. The number of hydrogen-bond donors (Lipinski definition) is 1. The molecular formula is C13H17Cl2NO4S. The topological polar surface area (TPSA) is 66.8 Å². The predicted molar refractivity (Wildman–Crippen MR) is 81.3 cm³/mol. The highest BCUT2D eigenvalue weighted by molar-refractivity contribution is 7.89. The second kappa shape index (κ2) is 6.02. The van der Waals surface area contributed by atoms with Crippen molar-refractivity contribution in [3.05, 3.63) is 28.2 Å². The van der Waals surface area contributed by atoms with Crippen molar-refractivity contribution in [2.75, 3.05) is 19.7 Å². The maximum Gasteiger partial charge on any atom is 0.243 e. The molecule has 0 amide bonds. The van der Waals surface area contributed by atoms with E-state index in [1.807, 2.05) is 0 Å². The molecule has 5 nitrogen and oxygen atoms in total. The van der Waals surface area contributed by atoms with Crippen LogP contribution in [0, 0.1) is 0 Å². The molecule has 1 N–H and O–H groups in total. The van der Waals surface area contributed by atoms with E-state index in [9.17, 15) is 13.5 Å². The van der Waals surface area contributed by atoms with Crippen LogP contribution in [0.2, 0.25) is 10.0 Å². The van der Waals surface area contributed by atoms with E-state index in [0.717, 1.165) is 0 Å². The van der Waals surface area contributed by atoms with Crippen molar-refractivity contribution < 1.29 is 18.3 Å². The van der Waals surface area contributed by atoms with Crippen molar-refractivity contribution in [3.63, 3.8) is 0 Å². The summed E-state index contributed by atoms with van der Waals surface area (Å²) in [5.41, 5.74) is -0.672. The molecule has 1 aromatic rings. The van der Waals surface area contributed by atoms with Crippen LogP contribution < -0.4 is 0 Å². The number of hydrogen-bond acceptors (Lipinski definition) is 4. The Hall–Kier alpha value is -0.370. The van der Waals surface area contributed by atoms with Gasteiger partial charge in [0.15, 0.2) is 0 Å². The maximum atomic E-state index is 12.7. The Labute approximate surface area is 134 Å². The van der Waals surface area contributed by atoms with E-state index in [1.165, 1.54) is 22.5 Å². The first kappa shape index (κ1) is 17.0. The van der Waals surface area contributed by atoms with E-state index < -0.39 is 21.7 Å². The summed E-state index contributed by atoms with van der Waals surface area (Å²) < 4.78 is 32.3. The summed E-state index contributed by atoms with van der Waals surface area (Å²) in [7, 11) is -3.72. The lowest BCUT2D eigenvalue weighted by Crippen LogP contribution is -2.55. The van der Waals surface area contributed by atoms with Gasteiger partial charge in [-0.05, 0) is 32.0 Å². The molecule has 0 radical (unpaired) electrons. The van der Waals surface area contributed by atoms with Gasteiger partial charge in [-0.15, -0.1) is 0 Å². The molecule has 1 fully saturated rings. The Morgan fingerprint density at radius 2 is 2.05 bits per heavy atom. The molecule has 1 aromatic carbocycles. The van der Waals surface area contributed by atoms with Gasteiger partial charge in [0, 0.05) is 13.1 Å². The van der Waals surface area contributed by atoms with Crippen molar-refractivity contribution in [1.29, 1.82) is 0 Å². The van der Waals surface area contributed by atoms with Gasteiger partial charge in [0.2, 0.25) is 10.0 Å². The second-order valence-corrected chi connectivity index (χ2v) is 8.31. The minimum Gasteiger partial charge on any atom is -0.394 e. The first-order valence-electron chi connectivity index (χ1n) is 6.39. The van der Waals surface area contributed by atoms with Crippen molar-refractivity contribution in [1.82, 2.24) is 4.31 Å². The van der Waals surface area contributed by atoms with Gasteiger partial charge in [-0.1, -0.05) is 23.2 Å². The van der Waals surface area contributed by atoms with Crippen LogP contribution in [0.15, 0.2) is 23.1 Å². The molecular weight excluding hydrogens is 337 g/mol. The highest BCUT2D eigenvalue weighted by atomic mass is 35.5. The summed E-state index contributed by atoms with van der Waals surface area (Å²) in [4.78, 5) is 0.0753. The van der Waals surface area contributed by atoms with Crippen LogP contribution >= 0.6 is 23.2 Å². The van der Waals surface area contributed by atoms with Crippen LogP contribution in [0.5, 0.6) is 0 Å². The normalized spacial score (nSPS) is 23.2. The average molecular weight is 354 g/mol. The summed E-state index contributed by atoms with van der Waals surface area (Å²) in [5, 5.41) is 9.75. The molecule has 21 heavy (non-hydrogen) atoms. The zero-order valence-electron chi connectivity index (χ0n) is 11.7. The van der Waals surface area contributed by atoms with Crippen molar-refractivity contribution in [2.24, 2.45) is 0 Å². The number of benzene rings is 1. The van der Waals surface area contributed by atoms with E-state index in [4.69, 9.17) is 27.9 Å². The first-order chi connectivity index (χ1) is 9.65. The molecule has 0 saturated carbocycles. The van der Waals surface area contributed by atoms with Crippen molar-refractivity contribution >= 4 is 33.2 Å². The Kier molecular flexibility index (Phi) is 4.87. The number of rotatable bonds is 3. The van der Waals surface area contributed by atoms with Crippen LogP contribution in [0.25, 0.3) is 0 Å². The number of aliphatic hydroxyl groups is 1. The van der Waals surface area contributed by atoms with E-state index in [2.05, 4.69) is 0 Å². The lowest BCUT2D eigenvalue weighted by molar-refractivity contribution is -0.131. The van der Waals surface area contributed by atoms with E-state index >= 15 is 0 Å². The highest BCUT2D eigenvalue weighted by Crippen LogP contribution is 2.30. The van der Waals surface area contributed by atoms with Gasteiger partial charge in [0.05, 0.1) is 33.3 Å². The number of nitrogens with zero attached hydrogens (tertiary/aromatic N) is 1. The maximum absolute atomic E-state index is 12.7. The van der Waals surface area contributed by atoms with Gasteiger partial charge >= 0.3 is 0 Å². The number of halogens is 2. The largest absolute Gasteiger partial charge is 0.394 e. The molecule has 1 aliphatic heterocycles. The third-order valence-corrected chi connectivity index (χ3v) is 5.73. The van der Waals surface area contributed by atoms with E-state index in [-0.39, 0.29) is 29.6 Å². The molecule has 0 bridgehead atoms. The molecule has 1 heterocycles. The summed E-state index contributed by atoms with van der Waals surface area (Å²) in [6.07, 6.45) is -0.550. The molecule has 1 aliphatic rings. The van der Waals surface area contributed by atoms with Crippen LogP contribution in [0.3, 0.4) is 0 Å². The van der Waals surface area contributed by atoms with E-state index in [0.29, 0.717) is 5.02 Å². The van der Waals surface area contributed by atoms with Crippen LogP contribution in [0.4, 0.5) is 0 Å². The van der Waals surface area contributed by atoms with Crippen LogP contribution in [-0.2, 0) is 14.8 Å². The fraction of sp³-hybridized carbons (Fsp3) is 0.538. The number of aliphatic hydroxyl groups excluding tert-OH is 1. The number of sulfonamides is 1. The van der Waals surface area contributed by atoms with Crippen molar-refractivity contribution in [3.8, 4) is 0 Å². The minimum absolute atomic E-state index is 0.0753. The Balaban J connectivity index is 2.36. The van der Waals surface area contributed by atoms with E-state index in [1.54, 1.807) is 13.8 Å². The highest BCUT2D eigenvalue weighted by Gasteiger charge is 2.39. The summed E-state index contributed by atoms with van der Waals surface area (Å²) in [5.74, 6) is 0. The minimum atomic E-state index is -3.72. The first-order valence-corrected chi connectivity index (χ1v) is 8.59. The SMILES string of the molecule is CC1(C)CN(S(=O)(=O)c2ccc(Cl)c(Cl)c2)CC(CO)O1.